The van der Waals surface area contributed by atoms with Gasteiger partial charge in [0.05, 0.1) is 25.3 Å². The largest absolute Gasteiger partial charge is 0.496 e. The number of amides is 1. The van der Waals surface area contributed by atoms with Crippen LogP contribution >= 0.6 is 11.6 Å². The van der Waals surface area contributed by atoms with Crippen molar-refractivity contribution in [3.8, 4) is 11.5 Å². The normalized spacial score (nSPS) is 11.7. The first-order chi connectivity index (χ1) is 11.0. The van der Waals surface area contributed by atoms with E-state index >= 15 is 0 Å². The molecule has 0 aliphatic rings. The van der Waals surface area contributed by atoms with Crippen LogP contribution in [0.3, 0.4) is 0 Å². The zero-order valence-corrected chi connectivity index (χ0v) is 14.0. The zero-order chi connectivity index (χ0) is 17.0. The summed E-state index contributed by atoms with van der Waals surface area (Å²) in [5.74, 6) is 0.749. The van der Waals surface area contributed by atoms with E-state index < -0.39 is 5.91 Å². The number of anilines is 1. The van der Waals surface area contributed by atoms with Crippen molar-refractivity contribution in [1.29, 1.82) is 0 Å². The fraction of sp³-hybridized carbons (Fsp3) is 0.235. The van der Waals surface area contributed by atoms with Crippen LogP contribution in [0.15, 0.2) is 36.4 Å². The number of nitrogens with two attached hydrogens (primary N) is 1. The van der Waals surface area contributed by atoms with Gasteiger partial charge in [-0.3, -0.25) is 4.79 Å². The molecule has 23 heavy (non-hydrogen) atoms. The maximum absolute atomic E-state index is 11.3. The average molecular weight is 335 g/mol. The number of primary amides is 1. The van der Waals surface area contributed by atoms with Crippen molar-refractivity contribution < 1.29 is 14.3 Å². The fourth-order valence-electron chi connectivity index (χ4n) is 2.31. The second-order valence-electron chi connectivity index (χ2n) is 5.04. The number of hydrogen-bond acceptors (Lipinski definition) is 4. The molecule has 3 N–H and O–H groups in total. The number of hydrogen-bond donors (Lipinski definition) is 2. The van der Waals surface area contributed by atoms with Gasteiger partial charge in [0.15, 0.2) is 0 Å². The molecule has 2 aromatic rings. The molecule has 5 nitrogen and oxygen atoms in total. The Morgan fingerprint density at radius 2 is 1.87 bits per heavy atom. The van der Waals surface area contributed by atoms with E-state index in [1.54, 1.807) is 44.6 Å². The Bertz CT molecular complexity index is 719. The van der Waals surface area contributed by atoms with Crippen molar-refractivity contribution in [1.82, 2.24) is 0 Å². The van der Waals surface area contributed by atoms with Crippen LogP contribution < -0.4 is 20.5 Å². The van der Waals surface area contributed by atoms with Gasteiger partial charge < -0.3 is 20.5 Å². The Morgan fingerprint density at radius 3 is 2.48 bits per heavy atom. The van der Waals surface area contributed by atoms with E-state index in [1.165, 1.54) is 0 Å². The van der Waals surface area contributed by atoms with E-state index in [0.717, 1.165) is 11.3 Å². The number of rotatable bonds is 6. The summed E-state index contributed by atoms with van der Waals surface area (Å²) in [6, 6.07) is 10.5. The molecule has 1 amide bonds. The molecule has 6 heteroatoms. The number of nitrogens with one attached hydrogen (secondary N) is 1. The van der Waals surface area contributed by atoms with Crippen LogP contribution in [-0.4, -0.2) is 20.1 Å². The van der Waals surface area contributed by atoms with Crippen LogP contribution in [0.25, 0.3) is 0 Å². The van der Waals surface area contributed by atoms with Crippen molar-refractivity contribution in [3.05, 3.63) is 52.5 Å². The summed E-state index contributed by atoms with van der Waals surface area (Å²) in [5.41, 5.74) is 7.41. The number of carbonyl (C=O) groups excluding carboxylic acids is 1. The van der Waals surface area contributed by atoms with E-state index in [4.69, 9.17) is 26.8 Å². The Kier molecular flexibility index (Phi) is 5.34. The van der Waals surface area contributed by atoms with Crippen LogP contribution in [0.1, 0.15) is 28.9 Å². The van der Waals surface area contributed by atoms with Gasteiger partial charge >= 0.3 is 0 Å². The quantitative estimate of drug-likeness (QED) is 0.846. The van der Waals surface area contributed by atoms with Crippen molar-refractivity contribution in [2.45, 2.75) is 13.0 Å². The monoisotopic (exact) mass is 334 g/mol. The highest BCUT2D eigenvalue weighted by Gasteiger charge is 2.16. The lowest BCUT2D eigenvalue weighted by molar-refractivity contribution is 0.100. The minimum atomic E-state index is -0.466. The molecule has 122 valence electrons. The van der Waals surface area contributed by atoms with Crippen LogP contribution in [0.5, 0.6) is 11.5 Å². The molecule has 0 aliphatic heterocycles. The maximum Gasteiger partial charge on any atom is 0.248 e. The van der Waals surface area contributed by atoms with E-state index in [1.807, 2.05) is 13.0 Å². The standard InChI is InChI=1S/C17H19ClN2O3/c1-10(20-12-6-4-5-11(7-12)17(19)21)13-8-14(18)16(23-3)9-15(13)22-2/h4-10,20H,1-3H3,(H2,19,21). The number of ether oxygens (including phenoxy) is 2. The molecule has 0 radical (unpaired) electrons. The van der Waals surface area contributed by atoms with Gasteiger partial charge in [0.1, 0.15) is 11.5 Å². The summed E-state index contributed by atoms with van der Waals surface area (Å²) in [7, 11) is 3.14. The predicted octanol–water partition coefficient (Wildman–Crippen LogP) is 3.63. The lowest BCUT2D eigenvalue weighted by atomic mass is 10.1. The number of benzene rings is 2. The summed E-state index contributed by atoms with van der Waals surface area (Å²) in [5, 5.41) is 3.81. The molecule has 1 unspecified atom stereocenters. The number of carbonyl (C=O) groups is 1. The van der Waals surface area contributed by atoms with E-state index in [0.29, 0.717) is 22.1 Å². The smallest absolute Gasteiger partial charge is 0.248 e. The lowest BCUT2D eigenvalue weighted by Crippen LogP contribution is -2.12. The highest BCUT2D eigenvalue weighted by Crippen LogP contribution is 2.36. The third kappa shape index (κ3) is 3.87. The van der Waals surface area contributed by atoms with Crippen molar-refractivity contribution in [2.75, 3.05) is 19.5 Å². The first-order valence-corrected chi connectivity index (χ1v) is 7.42. The van der Waals surface area contributed by atoms with Crippen molar-refractivity contribution in [3.63, 3.8) is 0 Å². The summed E-state index contributed by atoms with van der Waals surface area (Å²) >= 11 is 6.20. The van der Waals surface area contributed by atoms with Gasteiger partial charge in [-0.05, 0) is 31.2 Å². The number of methoxy groups -OCH3 is 2. The molecule has 0 spiro atoms. The lowest BCUT2D eigenvalue weighted by Gasteiger charge is -2.20. The topological polar surface area (TPSA) is 73.6 Å². The molecule has 1 atom stereocenters. The number of halogens is 1. The first-order valence-electron chi connectivity index (χ1n) is 7.04. The molecule has 0 aliphatic carbocycles. The molecule has 0 aromatic heterocycles. The molecular weight excluding hydrogens is 316 g/mol. The second-order valence-corrected chi connectivity index (χ2v) is 5.45. The third-order valence-electron chi connectivity index (χ3n) is 3.50. The fourth-order valence-corrected chi connectivity index (χ4v) is 2.56. The zero-order valence-electron chi connectivity index (χ0n) is 13.2. The van der Waals surface area contributed by atoms with Gasteiger partial charge in [-0.15, -0.1) is 0 Å². The van der Waals surface area contributed by atoms with Crippen LogP contribution in [0.4, 0.5) is 5.69 Å². The Hall–Kier alpha value is -2.40. The molecule has 2 rings (SSSR count). The highest BCUT2D eigenvalue weighted by atomic mass is 35.5. The van der Waals surface area contributed by atoms with Crippen LogP contribution in [-0.2, 0) is 0 Å². The minimum absolute atomic E-state index is 0.100. The van der Waals surface area contributed by atoms with Crippen molar-refractivity contribution in [2.24, 2.45) is 5.73 Å². The Morgan fingerprint density at radius 1 is 1.17 bits per heavy atom. The third-order valence-corrected chi connectivity index (χ3v) is 3.80. The Balaban J connectivity index is 2.30. The summed E-state index contributed by atoms with van der Waals surface area (Å²) in [6.07, 6.45) is 0. The van der Waals surface area contributed by atoms with Crippen LogP contribution in [0.2, 0.25) is 5.02 Å². The van der Waals surface area contributed by atoms with Gasteiger partial charge in [-0.2, -0.15) is 0 Å². The second kappa shape index (κ2) is 7.24. The van der Waals surface area contributed by atoms with Gasteiger partial charge in [-0.1, -0.05) is 17.7 Å². The summed E-state index contributed by atoms with van der Waals surface area (Å²) in [6.45, 7) is 1.97. The average Bonchev–Trinajstić information content (AvgIpc) is 2.54. The Labute approximate surface area is 140 Å². The summed E-state index contributed by atoms with van der Waals surface area (Å²) in [4.78, 5) is 11.3. The molecule has 0 saturated heterocycles. The minimum Gasteiger partial charge on any atom is -0.496 e. The maximum atomic E-state index is 11.3. The predicted molar refractivity (Wildman–Crippen MR) is 91.6 cm³/mol. The van der Waals surface area contributed by atoms with E-state index in [9.17, 15) is 4.79 Å². The van der Waals surface area contributed by atoms with Gasteiger partial charge in [0, 0.05) is 22.9 Å². The van der Waals surface area contributed by atoms with Crippen LogP contribution in [0, 0.1) is 0 Å². The molecule has 0 heterocycles. The molecule has 0 saturated carbocycles. The summed E-state index contributed by atoms with van der Waals surface area (Å²) < 4.78 is 10.6. The molecule has 0 bridgehead atoms. The van der Waals surface area contributed by atoms with E-state index in [-0.39, 0.29) is 6.04 Å². The van der Waals surface area contributed by atoms with Crippen molar-refractivity contribution >= 4 is 23.2 Å². The van der Waals surface area contributed by atoms with Gasteiger partial charge in [0.25, 0.3) is 0 Å². The first kappa shape index (κ1) is 17.0. The van der Waals surface area contributed by atoms with E-state index in [2.05, 4.69) is 5.32 Å². The van der Waals surface area contributed by atoms with Gasteiger partial charge in [-0.25, -0.2) is 0 Å². The highest BCUT2D eigenvalue weighted by molar-refractivity contribution is 6.32. The SMILES string of the molecule is COc1cc(OC)c(C(C)Nc2cccc(C(N)=O)c2)cc1Cl. The van der Waals surface area contributed by atoms with Gasteiger partial charge in [0.2, 0.25) is 5.91 Å². The molecular formula is C17H19ClN2O3. The molecule has 0 fully saturated rings. The molecule has 2 aromatic carbocycles.